The highest BCUT2D eigenvalue weighted by atomic mass is 16.5. The first-order chi connectivity index (χ1) is 11.8. The number of nitrogens with one attached hydrogen (secondary N) is 1. The molecule has 1 amide bonds. The van der Waals surface area contributed by atoms with E-state index >= 15 is 0 Å². The molecule has 126 valence electrons. The fourth-order valence-electron chi connectivity index (χ4n) is 2.67. The summed E-state index contributed by atoms with van der Waals surface area (Å²) in [4.78, 5) is 14.6. The number of carbonyl (C=O) groups is 1. The predicted molar refractivity (Wildman–Crippen MR) is 95.0 cm³/mol. The Balaban J connectivity index is 1.64. The maximum absolute atomic E-state index is 12.4. The number of ether oxygens (including phenoxy) is 2. The number of amides is 1. The van der Waals surface area contributed by atoms with Gasteiger partial charge in [-0.2, -0.15) is 0 Å². The molecule has 2 aromatic rings. The van der Waals surface area contributed by atoms with Crippen LogP contribution in [0, 0.1) is 0 Å². The van der Waals surface area contributed by atoms with E-state index in [4.69, 9.17) is 9.47 Å². The second-order valence-electron chi connectivity index (χ2n) is 5.56. The molecule has 0 atom stereocenters. The quantitative estimate of drug-likeness (QED) is 0.917. The van der Waals surface area contributed by atoms with Crippen molar-refractivity contribution in [3.05, 3.63) is 54.1 Å². The normalized spacial score (nSPS) is 14.3. The highest BCUT2D eigenvalue weighted by molar-refractivity contribution is 6.04. The van der Waals surface area contributed by atoms with Gasteiger partial charge in [-0.3, -0.25) is 4.79 Å². The summed E-state index contributed by atoms with van der Waals surface area (Å²) in [6, 6.07) is 15.1. The maximum Gasteiger partial charge on any atom is 0.255 e. The van der Waals surface area contributed by atoms with Crippen LogP contribution in [0.3, 0.4) is 0 Å². The molecule has 0 bridgehead atoms. The Kier molecular flexibility index (Phi) is 5.33. The molecular formula is C19H22N2O3. The Morgan fingerprint density at radius 3 is 2.62 bits per heavy atom. The Morgan fingerprint density at radius 1 is 1.17 bits per heavy atom. The standard InChI is InChI=1S/C19H22N2O3/c1-2-24-18-5-3-4-15(14-18)19(22)20-16-6-8-17(9-7-16)21-10-12-23-13-11-21/h3-9,14H,2,10-13H2,1H3,(H,20,22). The summed E-state index contributed by atoms with van der Waals surface area (Å²) in [6.07, 6.45) is 0. The van der Waals surface area contributed by atoms with Crippen molar-refractivity contribution in [1.82, 2.24) is 0 Å². The fourth-order valence-corrected chi connectivity index (χ4v) is 2.67. The molecule has 0 spiro atoms. The second-order valence-corrected chi connectivity index (χ2v) is 5.56. The average molecular weight is 326 g/mol. The van der Waals surface area contributed by atoms with Crippen LogP contribution in [0.25, 0.3) is 0 Å². The van der Waals surface area contributed by atoms with E-state index in [0.717, 1.165) is 37.7 Å². The summed E-state index contributed by atoms with van der Waals surface area (Å²) in [5.74, 6) is 0.559. The monoisotopic (exact) mass is 326 g/mol. The zero-order chi connectivity index (χ0) is 16.8. The molecule has 1 N–H and O–H groups in total. The van der Waals surface area contributed by atoms with Crippen LogP contribution in [-0.2, 0) is 4.74 Å². The molecule has 1 aliphatic heterocycles. The van der Waals surface area contributed by atoms with E-state index in [0.29, 0.717) is 17.9 Å². The Hall–Kier alpha value is -2.53. The SMILES string of the molecule is CCOc1cccc(C(=O)Nc2ccc(N3CCOCC3)cc2)c1. The predicted octanol–water partition coefficient (Wildman–Crippen LogP) is 3.17. The smallest absolute Gasteiger partial charge is 0.255 e. The van der Waals surface area contributed by atoms with E-state index < -0.39 is 0 Å². The Bertz CT molecular complexity index is 679. The highest BCUT2D eigenvalue weighted by Gasteiger charge is 2.12. The summed E-state index contributed by atoms with van der Waals surface area (Å²) in [7, 11) is 0. The number of morpholine rings is 1. The molecule has 1 fully saturated rings. The van der Waals surface area contributed by atoms with Crippen LogP contribution in [0.2, 0.25) is 0 Å². The molecule has 1 saturated heterocycles. The zero-order valence-electron chi connectivity index (χ0n) is 13.8. The molecule has 0 radical (unpaired) electrons. The molecule has 0 aliphatic carbocycles. The summed E-state index contributed by atoms with van der Waals surface area (Å²) in [5.41, 5.74) is 2.51. The minimum absolute atomic E-state index is 0.143. The van der Waals surface area contributed by atoms with Gasteiger partial charge in [-0.15, -0.1) is 0 Å². The lowest BCUT2D eigenvalue weighted by atomic mass is 10.2. The molecule has 5 heteroatoms. The van der Waals surface area contributed by atoms with Crippen molar-refractivity contribution in [3.63, 3.8) is 0 Å². The average Bonchev–Trinajstić information content (AvgIpc) is 2.64. The van der Waals surface area contributed by atoms with Gasteiger partial charge in [0, 0.05) is 30.0 Å². The first-order valence-corrected chi connectivity index (χ1v) is 8.23. The van der Waals surface area contributed by atoms with E-state index in [1.807, 2.05) is 43.3 Å². The largest absolute Gasteiger partial charge is 0.494 e. The molecule has 0 saturated carbocycles. The Morgan fingerprint density at radius 2 is 1.92 bits per heavy atom. The van der Waals surface area contributed by atoms with Crippen LogP contribution in [0.4, 0.5) is 11.4 Å². The summed E-state index contributed by atoms with van der Waals surface area (Å²) in [5, 5.41) is 2.92. The van der Waals surface area contributed by atoms with E-state index in [2.05, 4.69) is 10.2 Å². The molecule has 2 aromatic carbocycles. The van der Waals surface area contributed by atoms with E-state index in [1.165, 1.54) is 0 Å². The number of hydrogen-bond donors (Lipinski definition) is 1. The van der Waals surface area contributed by atoms with Gasteiger partial charge in [-0.05, 0) is 49.4 Å². The minimum Gasteiger partial charge on any atom is -0.494 e. The fraction of sp³-hybridized carbons (Fsp3) is 0.316. The van der Waals surface area contributed by atoms with Crippen LogP contribution in [0.5, 0.6) is 5.75 Å². The number of rotatable bonds is 5. The van der Waals surface area contributed by atoms with Crippen LogP contribution in [-0.4, -0.2) is 38.8 Å². The van der Waals surface area contributed by atoms with Gasteiger partial charge in [0.15, 0.2) is 0 Å². The van der Waals surface area contributed by atoms with Crippen LogP contribution < -0.4 is 15.0 Å². The van der Waals surface area contributed by atoms with Crippen molar-refractivity contribution in [3.8, 4) is 5.75 Å². The number of anilines is 2. The summed E-state index contributed by atoms with van der Waals surface area (Å²) in [6.45, 7) is 5.81. The van der Waals surface area contributed by atoms with Gasteiger partial charge in [0.05, 0.1) is 19.8 Å². The van der Waals surface area contributed by atoms with E-state index in [-0.39, 0.29) is 5.91 Å². The van der Waals surface area contributed by atoms with Gasteiger partial charge in [0.25, 0.3) is 5.91 Å². The lowest BCUT2D eigenvalue weighted by Crippen LogP contribution is -2.36. The van der Waals surface area contributed by atoms with Crippen LogP contribution in [0.1, 0.15) is 17.3 Å². The van der Waals surface area contributed by atoms with Gasteiger partial charge < -0.3 is 19.7 Å². The third kappa shape index (κ3) is 4.06. The van der Waals surface area contributed by atoms with Gasteiger partial charge in [0.2, 0.25) is 0 Å². The van der Waals surface area contributed by atoms with Gasteiger partial charge >= 0.3 is 0 Å². The van der Waals surface area contributed by atoms with Crippen molar-refractivity contribution in [2.24, 2.45) is 0 Å². The molecule has 24 heavy (non-hydrogen) atoms. The lowest BCUT2D eigenvalue weighted by Gasteiger charge is -2.28. The van der Waals surface area contributed by atoms with Crippen LogP contribution in [0.15, 0.2) is 48.5 Å². The summed E-state index contributed by atoms with van der Waals surface area (Å²) < 4.78 is 10.8. The Labute approximate surface area is 142 Å². The van der Waals surface area contributed by atoms with Gasteiger partial charge in [0.1, 0.15) is 5.75 Å². The number of hydrogen-bond acceptors (Lipinski definition) is 4. The molecule has 1 aliphatic rings. The van der Waals surface area contributed by atoms with Crippen molar-refractivity contribution in [1.29, 1.82) is 0 Å². The number of carbonyl (C=O) groups excluding carboxylic acids is 1. The topological polar surface area (TPSA) is 50.8 Å². The maximum atomic E-state index is 12.4. The number of nitrogens with zero attached hydrogens (tertiary/aromatic N) is 1. The van der Waals surface area contributed by atoms with Crippen molar-refractivity contribution >= 4 is 17.3 Å². The van der Waals surface area contributed by atoms with Crippen LogP contribution >= 0.6 is 0 Å². The number of benzene rings is 2. The summed E-state index contributed by atoms with van der Waals surface area (Å²) >= 11 is 0. The highest BCUT2D eigenvalue weighted by Crippen LogP contribution is 2.20. The minimum atomic E-state index is -0.143. The third-order valence-electron chi connectivity index (χ3n) is 3.91. The van der Waals surface area contributed by atoms with Crippen molar-refractivity contribution in [2.75, 3.05) is 43.1 Å². The van der Waals surface area contributed by atoms with E-state index in [9.17, 15) is 4.79 Å². The van der Waals surface area contributed by atoms with Gasteiger partial charge in [-0.25, -0.2) is 0 Å². The van der Waals surface area contributed by atoms with Crippen molar-refractivity contribution < 1.29 is 14.3 Å². The first-order valence-electron chi connectivity index (χ1n) is 8.23. The first kappa shape index (κ1) is 16.3. The van der Waals surface area contributed by atoms with Gasteiger partial charge in [-0.1, -0.05) is 6.07 Å². The molecule has 5 nitrogen and oxygen atoms in total. The van der Waals surface area contributed by atoms with E-state index in [1.54, 1.807) is 12.1 Å². The second kappa shape index (κ2) is 7.84. The molecular weight excluding hydrogens is 304 g/mol. The molecule has 3 rings (SSSR count). The lowest BCUT2D eigenvalue weighted by molar-refractivity contribution is 0.102. The molecule has 0 unspecified atom stereocenters. The van der Waals surface area contributed by atoms with Crippen molar-refractivity contribution in [2.45, 2.75) is 6.92 Å². The zero-order valence-corrected chi connectivity index (χ0v) is 13.8. The molecule has 1 heterocycles. The molecule has 0 aromatic heterocycles. The third-order valence-corrected chi connectivity index (χ3v) is 3.91.